The van der Waals surface area contributed by atoms with Gasteiger partial charge in [0.2, 0.25) is 23.6 Å². The first-order valence-electron chi connectivity index (χ1n) is 13.2. The molecule has 0 bridgehead atoms. The predicted molar refractivity (Wildman–Crippen MR) is 134 cm³/mol. The van der Waals surface area contributed by atoms with Crippen molar-refractivity contribution >= 4 is 29.3 Å². The van der Waals surface area contributed by atoms with Crippen LogP contribution < -0.4 is 0 Å². The minimum atomic E-state index is -0.961. The Balaban J connectivity index is 1.29. The second-order valence-corrected chi connectivity index (χ2v) is 11.5. The van der Waals surface area contributed by atoms with Gasteiger partial charge in [0.15, 0.2) is 11.6 Å². The molecule has 0 spiro atoms. The number of carbonyl (C=O) groups excluding carboxylic acids is 4. The number of carbonyl (C=O) groups is 4. The Bertz CT molecular complexity index is 1220. The maximum absolute atomic E-state index is 14.1. The van der Waals surface area contributed by atoms with Gasteiger partial charge in [0.05, 0.1) is 17.7 Å². The number of likely N-dealkylation sites (tertiary alicyclic amines) is 2. The Morgan fingerprint density at radius 1 is 0.974 bits per heavy atom. The largest absolute Gasteiger partial charge is 0.341 e. The molecule has 3 aliphatic heterocycles. The summed E-state index contributed by atoms with van der Waals surface area (Å²) in [5.74, 6) is -3.49. The van der Waals surface area contributed by atoms with Crippen LogP contribution in [0.1, 0.15) is 57.9 Å². The van der Waals surface area contributed by atoms with Crippen LogP contribution in [0.2, 0.25) is 0 Å². The van der Waals surface area contributed by atoms with E-state index in [0.717, 1.165) is 17.0 Å². The van der Waals surface area contributed by atoms with E-state index in [2.05, 4.69) is 5.10 Å². The average Bonchev–Trinajstić information content (AvgIpc) is 2.88. The molecule has 4 aliphatic rings. The number of halogens is 2. The number of hydrogen-bond acceptors (Lipinski definition) is 5. The first-order chi connectivity index (χ1) is 18.0. The number of allylic oxidation sites excluding steroid dienone is 2. The van der Waals surface area contributed by atoms with Crippen molar-refractivity contribution in [2.24, 2.45) is 22.4 Å². The first kappa shape index (κ1) is 26.2. The van der Waals surface area contributed by atoms with Gasteiger partial charge in [0.1, 0.15) is 6.54 Å². The van der Waals surface area contributed by atoms with E-state index in [1.165, 1.54) is 11.1 Å². The summed E-state index contributed by atoms with van der Waals surface area (Å²) in [5.41, 5.74) is 0.624. The van der Waals surface area contributed by atoms with Crippen LogP contribution >= 0.6 is 0 Å². The Morgan fingerprint density at radius 2 is 1.61 bits per heavy atom. The van der Waals surface area contributed by atoms with Gasteiger partial charge in [-0.05, 0) is 49.3 Å². The number of piperidine rings is 2. The van der Waals surface area contributed by atoms with Gasteiger partial charge < -0.3 is 4.90 Å². The summed E-state index contributed by atoms with van der Waals surface area (Å²) in [6.07, 6.45) is 6.51. The zero-order chi connectivity index (χ0) is 27.2. The van der Waals surface area contributed by atoms with E-state index in [1.54, 1.807) is 4.90 Å². The molecule has 4 amide bonds. The number of amides is 4. The lowest BCUT2D eigenvalue weighted by Crippen LogP contribution is -2.55. The molecule has 5 rings (SSSR count). The fraction of sp³-hybridized carbons (Fsp3) is 0.536. The molecule has 0 aromatic heterocycles. The summed E-state index contributed by atoms with van der Waals surface area (Å²) in [7, 11) is 0. The Morgan fingerprint density at radius 3 is 2.24 bits per heavy atom. The van der Waals surface area contributed by atoms with Crippen LogP contribution in [0, 0.1) is 28.9 Å². The lowest BCUT2D eigenvalue weighted by molar-refractivity contribution is -0.157. The summed E-state index contributed by atoms with van der Waals surface area (Å²) >= 11 is 0. The quantitative estimate of drug-likeness (QED) is 0.445. The van der Waals surface area contributed by atoms with E-state index < -0.39 is 17.0 Å². The van der Waals surface area contributed by atoms with E-state index in [4.69, 9.17) is 0 Å². The molecule has 0 N–H and O–H groups in total. The van der Waals surface area contributed by atoms with Crippen LogP contribution in [0.3, 0.4) is 0 Å². The van der Waals surface area contributed by atoms with E-state index in [0.29, 0.717) is 50.0 Å². The summed E-state index contributed by atoms with van der Waals surface area (Å²) in [4.78, 5) is 54.0. The van der Waals surface area contributed by atoms with Gasteiger partial charge in [-0.25, -0.2) is 13.8 Å². The molecule has 8 nitrogen and oxygen atoms in total. The van der Waals surface area contributed by atoms with Crippen molar-refractivity contribution in [3.63, 3.8) is 0 Å². The number of nitrogens with zero attached hydrogens (tertiary/aromatic N) is 4. The zero-order valence-corrected chi connectivity index (χ0v) is 21.7. The van der Waals surface area contributed by atoms with Crippen molar-refractivity contribution < 1.29 is 28.0 Å². The van der Waals surface area contributed by atoms with Crippen molar-refractivity contribution in [3.05, 3.63) is 47.5 Å². The van der Waals surface area contributed by atoms with E-state index >= 15 is 0 Å². The minimum Gasteiger partial charge on any atom is -0.341 e. The predicted octanol–water partition coefficient (Wildman–Crippen LogP) is 3.26. The smallest absolute Gasteiger partial charge is 0.247 e. The fourth-order valence-electron chi connectivity index (χ4n) is 5.97. The highest BCUT2D eigenvalue weighted by molar-refractivity contribution is 6.07. The highest BCUT2D eigenvalue weighted by Gasteiger charge is 2.44. The maximum atomic E-state index is 14.1. The zero-order valence-electron chi connectivity index (χ0n) is 21.7. The van der Waals surface area contributed by atoms with Gasteiger partial charge in [0, 0.05) is 37.4 Å². The van der Waals surface area contributed by atoms with Crippen LogP contribution in [0.4, 0.5) is 8.78 Å². The molecule has 1 aliphatic carbocycles. The molecule has 1 aromatic carbocycles. The molecule has 0 saturated carbocycles. The van der Waals surface area contributed by atoms with E-state index in [-0.39, 0.29) is 60.9 Å². The van der Waals surface area contributed by atoms with E-state index in [1.807, 2.05) is 26.0 Å². The number of fused-ring (bicyclic) bond motifs is 1. The normalized spacial score (nSPS) is 25.9. The number of hydrazone groups is 1. The minimum absolute atomic E-state index is 0.0948. The van der Waals surface area contributed by atoms with Crippen molar-refractivity contribution in [1.29, 1.82) is 0 Å². The van der Waals surface area contributed by atoms with Crippen molar-refractivity contribution in [3.8, 4) is 0 Å². The summed E-state index contributed by atoms with van der Waals surface area (Å²) < 4.78 is 27.6. The van der Waals surface area contributed by atoms with Gasteiger partial charge in [0.25, 0.3) is 0 Å². The topological polar surface area (TPSA) is 90.4 Å². The van der Waals surface area contributed by atoms with Crippen LogP contribution in [0.25, 0.3) is 0 Å². The van der Waals surface area contributed by atoms with Crippen molar-refractivity contribution in [1.82, 2.24) is 14.8 Å². The number of rotatable bonds is 4. The maximum Gasteiger partial charge on any atom is 0.247 e. The molecular formula is C28H32F2N4O4. The molecule has 2 saturated heterocycles. The van der Waals surface area contributed by atoms with Gasteiger partial charge in [-0.15, -0.1) is 0 Å². The van der Waals surface area contributed by atoms with Gasteiger partial charge in [-0.1, -0.05) is 26.0 Å². The van der Waals surface area contributed by atoms with Gasteiger partial charge in [-0.2, -0.15) is 5.10 Å². The van der Waals surface area contributed by atoms with Crippen molar-refractivity contribution in [2.45, 2.75) is 58.4 Å². The Labute approximate surface area is 220 Å². The monoisotopic (exact) mass is 526 g/mol. The Hall–Kier alpha value is -3.43. The first-order valence-corrected chi connectivity index (χ1v) is 13.2. The lowest BCUT2D eigenvalue weighted by Gasteiger charge is -2.43. The molecule has 10 heteroatoms. The third-order valence-electron chi connectivity index (χ3n) is 8.08. The van der Waals surface area contributed by atoms with Crippen LogP contribution in [-0.4, -0.2) is 69.8 Å². The molecule has 38 heavy (non-hydrogen) atoms. The third-order valence-corrected chi connectivity index (χ3v) is 8.08. The fourth-order valence-corrected chi connectivity index (χ4v) is 5.97. The highest BCUT2D eigenvalue weighted by atomic mass is 19.2. The summed E-state index contributed by atoms with van der Waals surface area (Å²) in [6, 6.07) is 3.44. The third kappa shape index (κ3) is 5.00. The van der Waals surface area contributed by atoms with Gasteiger partial charge >= 0.3 is 0 Å². The average molecular weight is 527 g/mol. The van der Waals surface area contributed by atoms with Gasteiger partial charge in [-0.3, -0.25) is 24.1 Å². The highest BCUT2D eigenvalue weighted by Crippen LogP contribution is 2.37. The van der Waals surface area contributed by atoms with Crippen LogP contribution in [0.15, 0.2) is 35.5 Å². The number of imide groups is 1. The SMILES string of the molecule is CC1(C)CC(=O)N(CC(=O)N2CCC(N3N=C(c4ccc(F)c(F)c4)[C@H]4CC=CC[C@H]4C3=O)CC2)C(=O)C1. The Kier molecular flexibility index (Phi) is 6.92. The molecule has 202 valence electrons. The molecule has 2 atom stereocenters. The summed E-state index contributed by atoms with van der Waals surface area (Å²) in [6.45, 7) is 4.18. The molecular weight excluding hydrogens is 494 g/mol. The molecule has 1 aromatic rings. The standard InChI is InChI=1S/C28H32F2N4O4/c1-28(2)14-23(35)33(24(36)15-28)16-25(37)32-11-9-18(10-12-32)34-27(38)20-6-4-3-5-19(20)26(31-34)17-7-8-21(29)22(30)13-17/h3-4,7-8,13,18-20H,5-6,9-12,14-16H2,1-2H3/t19-,20+/m0/s1. The van der Waals surface area contributed by atoms with Crippen LogP contribution in [-0.2, 0) is 19.2 Å². The number of hydrogen-bond donors (Lipinski definition) is 0. The lowest BCUT2D eigenvalue weighted by atomic mass is 9.76. The second-order valence-electron chi connectivity index (χ2n) is 11.5. The molecule has 3 heterocycles. The van der Waals surface area contributed by atoms with Crippen molar-refractivity contribution in [2.75, 3.05) is 19.6 Å². The van der Waals surface area contributed by atoms with E-state index in [9.17, 15) is 28.0 Å². The summed E-state index contributed by atoms with van der Waals surface area (Å²) in [5, 5.41) is 6.17. The number of benzene rings is 1. The van der Waals surface area contributed by atoms with Crippen LogP contribution in [0.5, 0.6) is 0 Å². The second kappa shape index (κ2) is 10.0. The molecule has 2 fully saturated rings. The molecule has 0 unspecified atom stereocenters. The molecule has 0 radical (unpaired) electrons.